The number of nitrogens with one attached hydrogen (secondary N) is 1. The Hall–Kier alpha value is -3.47. The number of carbonyl (C=O) groups excluding carboxylic acids is 1. The number of hydrogen-bond acceptors (Lipinski definition) is 7. The van der Waals surface area contributed by atoms with Crippen molar-refractivity contribution >= 4 is 50.6 Å². The van der Waals surface area contributed by atoms with E-state index in [-0.39, 0.29) is 5.91 Å². The number of carbonyl (C=O) groups is 3. The minimum absolute atomic E-state index is 0.136. The Morgan fingerprint density at radius 1 is 1.00 bits per heavy atom. The molecule has 0 radical (unpaired) electrons. The van der Waals surface area contributed by atoms with E-state index >= 15 is 0 Å². The van der Waals surface area contributed by atoms with Gasteiger partial charge >= 0.3 is 11.9 Å². The van der Waals surface area contributed by atoms with E-state index < -0.39 is 11.9 Å². The van der Waals surface area contributed by atoms with Crippen molar-refractivity contribution in [2.75, 3.05) is 43.2 Å². The maximum absolute atomic E-state index is 11.6. The molecule has 0 atom stereocenters. The van der Waals surface area contributed by atoms with Gasteiger partial charge in [0.1, 0.15) is 0 Å². The molecule has 10 heteroatoms. The molecule has 3 aromatic rings. The molecule has 196 valence electrons. The van der Waals surface area contributed by atoms with Gasteiger partial charge in [0.15, 0.2) is 0 Å². The van der Waals surface area contributed by atoms with Gasteiger partial charge in [0, 0.05) is 35.3 Å². The summed E-state index contributed by atoms with van der Waals surface area (Å²) in [5, 5.41) is 23.3. The molecule has 5 rings (SSSR count). The molecule has 1 fully saturated rings. The van der Waals surface area contributed by atoms with Crippen LogP contribution in [-0.2, 0) is 32.1 Å². The first-order valence-corrected chi connectivity index (χ1v) is 13.3. The van der Waals surface area contributed by atoms with Gasteiger partial charge in [-0.1, -0.05) is 18.2 Å². The van der Waals surface area contributed by atoms with E-state index in [1.54, 1.807) is 11.3 Å². The van der Waals surface area contributed by atoms with Gasteiger partial charge in [-0.15, -0.1) is 11.3 Å². The molecule has 2 aliphatic rings. The van der Waals surface area contributed by atoms with Crippen LogP contribution in [0.4, 0.5) is 11.4 Å². The average molecular weight is 526 g/mol. The Balaban J connectivity index is 0.000000480. The van der Waals surface area contributed by atoms with E-state index in [0.29, 0.717) is 6.42 Å². The third-order valence-electron chi connectivity index (χ3n) is 6.46. The summed E-state index contributed by atoms with van der Waals surface area (Å²) in [7, 11) is 0. The molecule has 0 unspecified atom stereocenters. The van der Waals surface area contributed by atoms with E-state index in [1.165, 1.54) is 33.3 Å². The highest BCUT2D eigenvalue weighted by atomic mass is 32.1. The normalized spacial score (nSPS) is 15.8. The number of rotatable bonds is 6. The van der Waals surface area contributed by atoms with Crippen molar-refractivity contribution in [3.63, 3.8) is 0 Å². The predicted octanol–water partition coefficient (Wildman–Crippen LogP) is 4.02. The van der Waals surface area contributed by atoms with Gasteiger partial charge in [-0.3, -0.25) is 19.6 Å². The molecular weight excluding hydrogens is 494 g/mol. The Bertz CT molecular complexity index is 1250. The van der Waals surface area contributed by atoms with Crippen LogP contribution < -0.4 is 10.4 Å². The molecular formula is C27H31N3O6S. The SMILES string of the molecule is O=C(O)C(=O)O.O=C1CCc2ccc(CCCCN3CCON(c4cccc5sccc45)CC3)cc2N1. The molecule has 0 bridgehead atoms. The third kappa shape index (κ3) is 7.28. The number of thiophene rings is 1. The molecule has 2 aromatic carbocycles. The molecule has 3 N–H and O–H groups in total. The van der Waals surface area contributed by atoms with Crippen LogP contribution in [-0.4, -0.2) is 65.7 Å². The van der Waals surface area contributed by atoms with Crippen molar-refractivity contribution in [3.8, 4) is 0 Å². The highest BCUT2D eigenvalue weighted by Gasteiger charge is 2.18. The summed E-state index contributed by atoms with van der Waals surface area (Å²) in [5.74, 6) is -3.51. The molecule has 2 aliphatic heterocycles. The number of anilines is 2. The monoisotopic (exact) mass is 525 g/mol. The van der Waals surface area contributed by atoms with Crippen LogP contribution in [0.25, 0.3) is 10.1 Å². The second kappa shape index (κ2) is 12.7. The summed E-state index contributed by atoms with van der Waals surface area (Å²) in [6, 6.07) is 15.2. The number of carboxylic acids is 2. The summed E-state index contributed by atoms with van der Waals surface area (Å²) in [6.45, 7) is 4.71. The lowest BCUT2D eigenvalue weighted by Crippen LogP contribution is -2.31. The van der Waals surface area contributed by atoms with Gasteiger partial charge in [-0.05, 0) is 73.0 Å². The third-order valence-corrected chi connectivity index (χ3v) is 7.34. The summed E-state index contributed by atoms with van der Waals surface area (Å²) in [5.41, 5.74) is 4.77. The van der Waals surface area contributed by atoms with Crippen molar-refractivity contribution in [1.29, 1.82) is 0 Å². The summed E-state index contributed by atoms with van der Waals surface area (Å²) in [6.07, 6.45) is 4.84. The van der Waals surface area contributed by atoms with Crippen LogP contribution in [0.3, 0.4) is 0 Å². The van der Waals surface area contributed by atoms with Crippen molar-refractivity contribution in [1.82, 2.24) is 4.90 Å². The molecule has 0 saturated carbocycles. The molecule has 37 heavy (non-hydrogen) atoms. The minimum atomic E-state index is -1.82. The maximum atomic E-state index is 11.6. The average Bonchev–Trinajstić information content (AvgIpc) is 3.25. The lowest BCUT2D eigenvalue weighted by atomic mass is 9.99. The van der Waals surface area contributed by atoms with Gasteiger partial charge in [-0.2, -0.15) is 0 Å². The van der Waals surface area contributed by atoms with Crippen LogP contribution in [0, 0.1) is 0 Å². The van der Waals surface area contributed by atoms with Crippen LogP contribution >= 0.6 is 11.3 Å². The summed E-state index contributed by atoms with van der Waals surface area (Å²) >= 11 is 1.78. The predicted molar refractivity (Wildman–Crippen MR) is 143 cm³/mol. The zero-order valence-electron chi connectivity index (χ0n) is 20.5. The standard InChI is InChI=1S/C25H29N3O2S.C2H2O4/c29-25-10-9-20-8-7-19(18-22(20)26-25)4-1-2-12-27-13-14-28(30-16-15-27)23-5-3-6-24-21(23)11-17-31-24;3-1(4)2(5)6/h3,5-8,11,17-18H,1-2,4,9-10,12-16H2,(H,26,29);(H,3,4)(H,5,6). The summed E-state index contributed by atoms with van der Waals surface area (Å²) < 4.78 is 1.31. The number of hydrogen-bond donors (Lipinski definition) is 3. The maximum Gasteiger partial charge on any atom is 0.414 e. The van der Waals surface area contributed by atoms with Gasteiger partial charge < -0.3 is 15.5 Å². The van der Waals surface area contributed by atoms with E-state index in [9.17, 15) is 4.79 Å². The number of benzene rings is 2. The quantitative estimate of drug-likeness (QED) is 0.326. The second-order valence-corrected chi connectivity index (χ2v) is 9.94. The first-order chi connectivity index (χ1) is 17.9. The first-order valence-electron chi connectivity index (χ1n) is 12.4. The van der Waals surface area contributed by atoms with Gasteiger partial charge in [0.05, 0.1) is 18.8 Å². The molecule has 1 amide bonds. The molecule has 3 heterocycles. The zero-order valence-corrected chi connectivity index (χ0v) is 21.3. The number of nitrogens with zero attached hydrogens (tertiary/aromatic N) is 2. The molecule has 0 aliphatic carbocycles. The number of aryl methyl sites for hydroxylation is 2. The van der Waals surface area contributed by atoms with Crippen LogP contribution in [0.5, 0.6) is 0 Å². The van der Waals surface area contributed by atoms with Crippen LogP contribution in [0.15, 0.2) is 47.8 Å². The number of carboxylic acid groups (broad SMARTS) is 2. The van der Waals surface area contributed by atoms with Crippen molar-refractivity contribution in [2.45, 2.75) is 32.1 Å². The Kier molecular flexibility index (Phi) is 9.10. The molecule has 0 spiro atoms. The Labute approximate surface area is 219 Å². The Morgan fingerprint density at radius 2 is 1.84 bits per heavy atom. The fourth-order valence-corrected chi connectivity index (χ4v) is 5.34. The number of aliphatic carboxylic acids is 2. The molecule has 1 aromatic heterocycles. The van der Waals surface area contributed by atoms with Gasteiger partial charge in [0.25, 0.3) is 0 Å². The number of fused-ring (bicyclic) bond motifs is 2. The van der Waals surface area contributed by atoms with E-state index in [4.69, 9.17) is 24.6 Å². The minimum Gasteiger partial charge on any atom is -0.473 e. The molecule has 9 nitrogen and oxygen atoms in total. The Morgan fingerprint density at radius 3 is 2.65 bits per heavy atom. The second-order valence-electron chi connectivity index (χ2n) is 8.99. The fourth-order valence-electron chi connectivity index (χ4n) is 4.54. The number of unbranched alkanes of at least 4 members (excludes halogenated alkanes) is 1. The van der Waals surface area contributed by atoms with Crippen molar-refractivity contribution in [2.24, 2.45) is 0 Å². The molecule has 1 saturated heterocycles. The lowest BCUT2D eigenvalue weighted by Gasteiger charge is -2.23. The first kappa shape index (κ1) is 26.6. The highest BCUT2D eigenvalue weighted by molar-refractivity contribution is 7.17. The highest BCUT2D eigenvalue weighted by Crippen LogP contribution is 2.31. The van der Waals surface area contributed by atoms with Crippen LogP contribution in [0.1, 0.15) is 30.4 Å². The van der Waals surface area contributed by atoms with E-state index in [0.717, 1.165) is 57.7 Å². The van der Waals surface area contributed by atoms with Gasteiger partial charge in [-0.25, -0.2) is 9.59 Å². The fraction of sp³-hybridized carbons (Fsp3) is 0.370. The van der Waals surface area contributed by atoms with Crippen molar-refractivity contribution < 1.29 is 29.4 Å². The smallest absolute Gasteiger partial charge is 0.414 e. The van der Waals surface area contributed by atoms with Gasteiger partial charge in [0.2, 0.25) is 5.91 Å². The van der Waals surface area contributed by atoms with Crippen molar-refractivity contribution in [3.05, 3.63) is 59.0 Å². The lowest BCUT2D eigenvalue weighted by molar-refractivity contribution is -0.159. The summed E-state index contributed by atoms with van der Waals surface area (Å²) in [4.78, 5) is 38.4. The largest absolute Gasteiger partial charge is 0.473 e. The zero-order chi connectivity index (χ0) is 26.2. The number of hydroxylamine groups is 1. The van der Waals surface area contributed by atoms with Crippen LogP contribution in [0.2, 0.25) is 0 Å². The number of amides is 1. The topological polar surface area (TPSA) is 119 Å². The van der Waals surface area contributed by atoms with E-state index in [1.807, 2.05) is 0 Å². The van der Waals surface area contributed by atoms with E-state index in [2.05, 4.69) is 63.1 Å².